The Hall–Kier alpha value is -1.51. The molecule has 1 aromatic rings. The van der Waals surface area contributed by atoms with Crippen LogP contribution in [-0.4, -0.2) is 5.91 Å². The number of hydrogen-bond donors (Lipinski definition) is 2. The van der Waals surface area contributed by atoms with E-state index in [1.54, 1.807) is 0 Å². The number of rotatable bonds is 4. The van der Waals surface area contributed by atoms with Gasteiger partial charge in [0.05, 0.1) is 0 Å². The number of aryl methyl sites for hydroxylation is 2. The van der Waals surface area contributed by atoms with Gasteiger partial charge in [0.25, 0.3) is 0 Å². The normalized spacial score (nSPS) is 16.1. The number of carbonyl (C=O) groups excluding carboxylic acids is 1. The van der Waals surface area contributed by atoms with Crippen LogP contribution in [0.1, 0.15) is 56.1 Å². The molecule has 0 atom stereocenters. The summed E-state index contributed by atoms with van der Waals surface area (Å²) in [6.45, 7) is 3.99. The molecule has 0 saturated heterocycles. The molecule has 20 heavy (non-hydrogen) atoms. The summed E-state index contributed by atoms with van der Waals surface area (Å²) in [5.74, 6) is 0.862. The molecule has 1 saturated carbocycles. The van der Waals surface area contributed by atoms with Crippen molar-refractivity contribution < 1.29 is 4.79 Å². The van der Waals surface area contributed by atoms with E-state index in [-0.39, 0.29) is 5.91 Å². The molecule has 0 aliphatic heterocycles. The Labute approximate surface area is 121 Å². The van der Waals surface area contributed by atoms with Gasteiger partial charge in [-0.05, 0) is 43.4 Å². The van der Waals surface area contributed by atoms with Crippen LogP contribution in [0.3, 0.4) is 0 Å². The van der Waals surface area contributed by atoms with E-state index in [0.717, 1.165) is 34.8 Å². The van der Waals surface area contributed by atoms with Crippen molar-refractivity contribution in [2.24, 2.45) is 5.92 Å². The number of carbonyl (C=O) groups is 1. The zero-order valence-corrected chi connectivity index (χ0v) is 12.7. The van der Waals surface area contributed by atoms with Crippen LogP contribution < -0.4 is 11.1 Å². The van der Waals surface area contributed by atoms with Crippen molar-refractivity contribution in [1.29, 1.82) is 0 Å². The first-order valence-corrected chi connectivity index (χ1v) is 7.73. The average molecular weight is 274 g/mol. The average Bonchev–Trinajstić information content (AvgIpc) is 2.44. The fourth-order valence-electron chi connectivity index (χ4n) is 3.03. The monoisotopic (exact) mass is 274 g/mol. The molecule has 1 aliphatic carbocycles. The number of nitrogens with two attached hydrogens (primary N) is 1. The lowest BCUT2D eigenvalue weighted by molar-refractivity contribution is -0.116. The maximum Gasteiger partial charge on any atom is 0.224 e. The van der Waals surface area contributed by atoms with Crippen molar-refractivity contribution >= 4 is 17.3 Å². The van der Waals surface area contributed by atoms with Gasteiger partial charge in [-0.3, -0.25) is 4.79 Å². The predicted octanol–water partition coefficient (Wildman–Crippen LogP) is 4.18. The van der Waals surface area contributed by atoms with E-state index < -0.39 is 0 Å². The summed E-state index contributed by atoms with van der Waals surface area (Å²) in [4.78, 5) is 12.1. The standard InChI is InChI=1S/C17H26N2O/c1-12-10-13(2)16(11-15(12)18)19-17(20)9-8-14-6-4-3-5-7-14/h10-11,14H,3-9,18H2,1-2H3,(H,19,20). The van der Waals surface area contributed by atoms with Gasteiger partial charge < -0.3 is 11.1 Å². The summed E-state index contributed by atoms with van der Waals surface area (Å²) >= 11 is 0. The summed E-state index contributed by atoms with van der Waals surface area (Å²) in [6.07, 6.45) is 8.27. The van der Waals surface area contributed by atoms with E-state index in [0.29, 0.717) is 6.42 Å². The molecule has 1 aromatic carbocycles. The minimum Gasteiger partial charge on any atom is -0.398 e. The van der Waals surface area contributed by atoms with E-state index in [4.69, 9.17) is 5.73 Å². The Kier molecular flexibility index (Phi) is 5.05. The highest BCUT2D eigenvalue weighted by Gasteiger charge is 2.15. The highest BCUT2D eigenvalue weighted by atomic mass is 16.1. The smallest absolute Gasteiger partial charge is 0.224 e. The van der Waals surface area contributed by atoms with Crippen molar-refractivity contribution in [2.75, 3.05) is 11.1 Å². The number of nitrogen functional groups attached to an aromatic ring is 1. The van der Waals surface area contributed by atoms with E-state index in [1.165, 1.54) is 32.1 Å². The molecular formula is C17H26N2O. The summed E-state index contributed by atoms with van der Waals surface area (Å²) < 4.78 is 0. The van der Waals surface area contributed by atoms with Crippen molar-refractivity contribution in [3.05, 3.63) is 23.3 Å². The number of nitrogens with one attached hydrogen (secondary N) is 1. The minimum absolute atomic E-state index is 0.113. The summed E-state index contributed by atoms with van der Waals surface area (Å²) in [7, 11) is 0. The number of anilines is 2. The van der Waals surface area contributed by atoms with Crippen LogP contribution in [0.15, 0.2) is 12.1 Å². The molecule has 3 N–H and O–H groups in total. The zero-order valence-electron chi connectivity index (χ0n) is 12.7. The van der Waals surface area contributed by atoms with Crippen LogP contribution in [0.25, 0.3) is 0 Å². The molecule has 3 nitrogen and oxygen atoms in total. The summed E-state index contributed by atoms with van der Waals surface area (Å²) in [6, 6.07) is 3.88. The van der Waals surface area contributed by atoms with Gasteiger partial charge in [0.15, 0.2) is 0 Å². The maximum atomic E-state index is 12.1. The van der Waals surface area contributed by atoms with Gasteiger partial charge >= 0.3 is 0 Å². The molecule has 110 valence electrons. The van der Waals surface area contributed by atoms with Crippen LogP contribution in [0, 0.1) is 19.8 Å². The van der Waals surface area contributed by atoms with Gasteiger partial charge in [-0.15, -0.1) is 0 Å². The maximum absolute atomic E-state index is 12.1. The second-order valence-corrected chi connectivity index (χ2v) is 6.11. The molecule has 0 radical (unpaired) electrons. The van der Waals surface area contributed by atoms with Crippen molar-refractivity contribution in [3.63, 3.8) is 0 Å². The highest BCUT2D eigenvalue weighted by Crippen LogP contribution is 2.28. The molecule has 0 spiro atoms. The molecule has 0 bridgehead atoms. The van der Waals surface area contributed by atoms with Crippen LogP contribution in [0.5, 0.6) is 0 Å². The number of hydrogen-bond acceptors (Lipinski definition) is 2. The van der Waals surface area contributed by atoms with Crippen molar-refractivity contribution in [2.45, 2.75) is 58.8 Å². The summed E-state index contributed by atoms with van der Waals surface area (Å²) in [5.41, 5.74) is 9.62. The van der Waals surface area contributed by atoms with Gasteiger partial charge in [0.1, 0.15) is 0 Å². The molecule has 0 aromatic heterocycles. The Bertz CT molecular complexity index is 476. The van der Waals surface area contributed by atoms with Gasteiger partial charge in [0, 0.05) is 17.8 Å². The molecule has 2 rings (SSSR count). The lowest BCUT2D eigenvalue weighted by atomic mass is 9.86. The number of benzene rings is 1. The topological polar surface area (TPSA) is 55.1 Å². The largest absolute Gasteiger partial charge is 0.398 e. The van der Waals surface area contributed by atoms with E-state index in [1.807, 2.05) is 26.0 Å². The lowest BCUT2D eigenvalue weighted by Gasteiger charge is -2.21. The lowest BCUT2D eigenvalue weighted by Crippen LogP contribution is -2.15. The van der Waals surface area contributed by atoms with Crippen LogP contribution >= 0.6 is 0 Å². The molecule has 0 unspecified atom stereocenters. The third-order valence-electron chi connectivity index (χ3n) is 4.39. The Morgan fingerprint density at radius 2 is 1.90 bits per heavy atom. The van der Waals surface area contributed by atoms with Gasteiger partial charge in [-0.25, -0.2) is 0 Å². The predicted molar refractivity (Wildman–Crippen MR) is 84.8 cm³/mol. The SMILES string of the molecule is Cc1cc(C)c(NC(=O)CCC2CCCCC2)cc1N. The van der Waals surface area contributed by atoms with Gasteiger partial charge in [-0.1, -0.05) is 38.2 Å². The van der Waals surface area contributed by atoms with Crippen LogP contribution in [-0.2, 0) is 4.79 Å². The fraction of sp³-hybridized carbons (Fsp3) is 0.588. The number of amides is 1. The Balaban J connectivity index is 1.86. The van der Waals surface area contributed by atoms with Crippen molar-refractivity contribution in [1.82, 2.24) is 0 Å². The first-order chi connectivity index (χ1) is 9.56. The van der Waals surface area contributed by atoms with Gasteiger partial charge in [-0.2, -0.15) is 0 Å². The van der Waals surface area contributed by atoms with Crippen LogP contribution in [0.4, 0.5) is 11.4 Å². The minimum atomic E-state index is 0.113. The zero-order chi connectivity index (χ0) is 14.5. The molecule has 1 amide bonds. The van der Waals surface area contributed by atoms with E-state index >= 15 is 0 Å². The summed E-state index contributed by atoms with van der Waals surface area (Å²) in [5, 5.41) is 3.00. The molecule has 3 heteroatoms. The molecule has 1 aliphatic rings. The van der Waals surface area contributed by atoms with E-state index in [9.17, 15) is 4.79 Å². The van der Waals surface area contributed by atoms with Crippen molar-refractivity contribution in [3.8, 4) is 0 Å². The highest BCUT2D eigenvalue weighted by molar-refractivity contribution is 5.92. The van der Waals surface area contributed by atoms with Gasteiger partial charge in [0.2, 0.25) is 5.91 Å². The Morgan fingerprint density at radius 3 is 2.60 bits per heavy atom. The first kappa shape index (κ1) is 14.9. The molecule has 0 heterocycles. The molecule has 1 fully saturated rings. The van der Waals surface area contributed by atoms with Crippen LogP contribution in [0.2, 0.25) is 0 Å². The second kappa shape index (κ2) is 6.78. The van der Waals surface area contributed by atoms with E-state index in [2.05, 4.69) is 5.32 Å². The second-order valence-electron chi connectivity index (χ2n) is 6.11. The molecular weight excluding hydrogens is 248 g/mol. The first-order valence-electron chi connectivity index (χ1n) is 7.73. The third-order valence-corrected chi connectivity index (χ3v) is 4.39. The quantitative estimate of drug-likeness (QED) is 0.809. The fourth-order valence-corrected chi connectivity index (χ4v) is 3.03. The third kappa shape index (κ3) is 3.99. The Morgan fingerprint density at radius 1 is 1.20 bits per heavy atom.